The predicted molar refractivity (Wildman–Crippen MR) is 93.3 cm³/mol. The zero-order valence-electron chi connectivity index (χ0n) is 12.2. The van der Waals surface area contributed by atoms with Gasteiger partial charge in [-0.1, -0.05) is 58.0 Å². The van der Waals surface area contributed by atoms with Crippen molar-refractivity contribution in [2.24, 2.45) is 0 Å². The average molecular weight is 394 g/mol. The molecule has 0 heterocycles. The van der Waals surface area contributed by atoms with Crippen LogP contribution < -0.4 is 0 Å². The molecular weight excluding hydrogens is 376 g/mol. The topological polar surface area (TPSA) is 0 Å². The number of rotatable bonds is 0. The molecule has 2 heteroatoms. The smallest absolute Gasteiger partial charge is 0.0361 e. The lowest BCUT2D eigenvalue weighted by molar-refractivity contribution is 0.297. The van der Waals surface area contributed by atoms with Crippen LogP contribution in [0, 0.1) is 0 Å². The van der Waals surface area contributed by atoms with E-state index in [0.29, 0.717) is 0 Å². The second-order valence-corrected chi connectivity index (χ2v) is 8.23. The maximum absolute atomic E-state index is 3.80. The molecule has 0 saturated heterocycles. The Balaban J connectivity index is 2.48. The molecule has 0 unspecified atom stereocenters. The minimum Gasteiger partial charge on any atom is -0.0619 e. The van der Waals surface area contributed by atoms with Gasteiger partial charge in [-0.2, -0.15) is 0 Å². The fourth-order valence-corrected chi connectivity index (χ4v) is 4.47. The second kappa shape index (κ2) is 4.45. The van der Waals surface area contributed by atoms with Gasteiger partial charge in [-0.05, 0) is 65.6 Å². The molecule has 20 heavy (non-hydrogen) atoms. The van der Waals surface area contributed by atoms with Gasteiger partial charge < -0.3 is 0 Å². The molecule has 0 spiro atoms. The summed E-state index contributed by atoms with van der Waals surface area (Å²) in [4.78, 5) is 0. The van der Waals surface area contributed by atoms with E-state index in [0.717, 1.165) is 4.47 Å². The van der Waals surface area contributed by atoms with Crippen LogP contribution in [0.5, 0.6) is 0 Å². The van der Waals surface area contributed by atoms with Crippen LogP contribution in [0.1, 0.15) is 38.8 Å². The van der Waals surface area contributed by atoms with E-state index in [9.17, 15) is 0 Å². The summed E-state index contributed by atoms with van der Waals surface area (Å²) >= 11 is 7.45. The zero-order valence-corrected chi connectivity index (χ0v) is 15.4. The number of fused-ring (bicyclic) bond motifs is 3. The molecule has 0 aliphatic heterocycles. The van der Waals surface area contributed by atoms with E-state index in [1.165, 1.54) is 26.7 Å². The number of hydrogen-bond donors (Lipinski definition) is 0. The van der Waals surface area contributed by atoms with E-state index < -0.39 is 0 Å². The highest BCUT2D eigenvalue weighted by Crippen LogP contribution is 2.56. The van der Waals surface area contributed by atoms with Crippen molar-refractivity contribution in [2.45, 2.75) is 38.5 Å². The number of benzene rings is 2. The minimum atomic E-state index is 0.0549. The Morgan fingerprint density at radius 3 is 2.10 bits per heavy atom. The Labute approximate surface area is 137 Å². The first kappa shape index (κ1) is 14.3. The normalized spacial score (nSPS) is 18.3. The van der Waals surface area contributed by atoms with Crippen LogP contribution in [0.2, 0.25) is 0 Å². The van der Waals surface area contributed by atoms with Crippen molar-refractivity contribution in [3.05, 3.63) is 56.5 Å². The third-order valence-corrected chi connectivity index (χ3v) is 7.19. The fourth-order valence-electron chi connectivity index (χ4n) is 3.30. The molecule has 0 atom stereocenters. The van der Waals surface area contributed by atoms with Gasteiger partial charge in [0.15, 0.2) is 0 Å². The Kier molecular flexibility index (Phi) is 3.19. The van der Waals surface area contributed by atoms with Gasteiger partial charge in [0.2, 0.25) is 0 Å². The van der Waals surface area contributed by atoms with E-state index in [-0.39, 0.29) is 10.8 Å². The molecule has 0 saturated carbocycles. The standard InChI is InChI=1S/C18H18Br2/c1-17(2)13-8-6-5-7-11(13)12-9-10-14(19)16(20)15(12)18(17,3)4/h5-10H,1-4H3. The zero-order chi connectivity index (χ0) is 14.7. The van der Waals surface area contributed by atoms with Gasteiger partial charge in [0.1, 0.15) is 0 Å². The summed E-state index contributed by atoms with van der Waals surface area (Å²) in [6, 6.07) is 13.2. The van der Waals surface area contributed by atoms with Crippen LogP contribution in [-0.2, 0) is 10.8 Å². The maximum Gasteiger partial charge on any atom is 0.0361 e. The Morgan fingerprint density at radius 1 is 0.750 bits per heavy atom. The van der Waals surface area contributed by atoms with Gasteiger partial charge in [0.25, 0.3) is 0 Å². The van der Waals surface area contributed by atoms with Crippen molar-refractivity contribution < 1.29 is 0 Å². The van der Waals surface area contributed by atoms with Gasteiger partial charge >= 0.3 is 0 Å². The van der Waals surface area contributed by atoms with Crippen molar-refractivity contribution >= 4 is 31.9 Å². The van der Waals surface area contributed by atoms with Crippen molar-refractivity contribution in [1.82, 2.24) is 0 Å². The third-order valence-electron chi connectivity index (χ3n) is 5.17. The number of halogens is 2. The second-order valence-electron chi connectivity index (χ2n) is 6.58. The highest BCUT2D eigenvalue weighted by atomic mass is 79.9. The quantitative estimate of drug-likeness (QED) is 0.482. The van der Waals surface area contributed by atoms with Gasteiger partial charge in [-0.15, -0.1) is 0 Å². The maximum atomic E-state index is 3.80. The molecular formula is C18H18Br2. The van der Waals surface area contributed by atoms with E-state index >= 15 is 0 Å². The molecule has 1 aliphatic rings. The highest BCUT2D eigenvalue weighted by Gasteiger charge is 2.46. The molecule has 0 nitrogen and oxygen atoms in total. The van der Waals surface area contributed by atoms with Crippen LogP contribution in [0.4, 0.5) is 0 Å². The molecule has 0 amide bonds. The van der Waals surface area contributed by atoms with Crippen LogP contribution in [0.25, 0.3) is 11.1 Å². The summed E-state index contributed by atoms with van der Waals surface area (Å²) in [7, 11) is 0. The molecule has 0 N–H and O–H groups in total. The monoisotopic (exact) mass is 392 g/mol. The summed E-state index contributed by atoms with van der Waals surface area (Å²) in [5.74, 6) is 0. The SMILES string of the molecule is CC1(C)c2ccccc2-c2ccc(Br)c(Br)c2C1(C)C. The van der Waals surface area contributed by atoms with Crippen LogP contribution in [0.3, 0.4) is 0 Å². The van der Waals surface area contributed by atoms with E-state index in [1.54, 1.807) is 0 Å². The number of hydrogen-bond acceptors (Lipinski definition) is 0. The van der Waals surface area contributed by atoms with E-state index in [4.69, 9.17) is 0 Å². The van der Waals surface area contributed by atoms with Crippen molar-refractivity contribution in [1.29, 1.82) is 0 Å². The Hall–Kier alpha value is -0.600. The van der Waals surface area contributed by atoms with Crippen molar-refractivity contribution in [3.8, 4) is 11.1 Å². The molecule has 0 fully saturated rings. The predicted octanol–water partition coefficient (Wildman–Crippen LogP) is 6.45. The molecule has 0 radical (unpaired) electrons. The van der Waals surface area contributed by atoms with E-state index in [1.807, 2.05) is 0 Å². The highest BCUT2D eigenvalue weighted by molar-refractivity contribution is 9.13. The molecule has 2 aromatic carbocycles. The lowest BCUT2D eigenvalue weighted by atomic mass is 9.55. The lowest BCUT2D eigenvalue weighted by Crippen LogP contribution is -2.43. The largest absolute Gasteiger partial charge is 0.0619 e. The van der Waals surface area contributed by atoms with Crippen molar-refractivity contribution in [2.75, 3.05) is 0 Å². The Bertz CT molecular complexity index is 697. The summed E-state index contributed by atoms with van der Waals surface area (Å²) < 4.78 is 2.31. The fraction of sp³-hybridized carbons (Fsp3) is 0.333. The molecule has 0 aromatic heterocycles. The average Bonchev–Trinajstić information content (AvgIpc) is 2.40. The first-order valence-electron chi connectivity index (χ1n) is 6.87. The van der Waals surface area contributed by atoms with Crippen LogP contribution in [-0.4, -0.2) is 0 Å². The van der Waals surface area contributed by atoms with E-state index in [2.05, 4.69) is 96.0 Å². The molecule has 1 aliphatic carbocycles. The lowest BCUT2D eigenvalue weighted by Gasteiger charge is -2.48. The summed E-state index contributed by atoms with van der Waals surface area (Å²) in [6.45, 7) is 9.39. The summed E-state index contributed by atoms with van der Waals surface area (Å²) in [5.41, 5.74) is 5.68. The third kappa shape index (κ3) is 1.70. The van der Waals surface area contributed by atoms with Gasteiger partial charge in [-0.25, -0.2) is 0 Å². The van der Waals surface area contributed by atoms with Gasteiger partial charge in [-0.3, -0.25) is 0 Å². The Morgan fingerprint density at radius 2 is 1.40 bits per heavy atom. The molecule has 104 valence electrons. The van der Waals surface area contributed by atoms with Gasteiger partial charge in [0, 0.05) is 14.4 Å². The van der Waals surface area contributed by atoms with Crippen molar-refractivity contribution in [3.63, 3.8) is 0 Å². The minimum absolute atomic E-state index is 0.0549. The summed E-state index contributed by atoms with van der Waals surface area (Å²) in [6.07, 6.45) is 0. The van der Waals surface area contributed by atoms with Crippen LogP contribution in [0.15, 0.2) is 45.3 Å². The van der Waals surface area contributed by atoms with Gasteiger partial charge in [0.05, 0.1) is 0 Å². The first-order valence-corrected chi connectivity index (χ1v) is 8.45. The van der Waals surface area contributed by atoms with Crippen LogP contribution >= 0.6 is 31.9 Å². The summed E-state index contributed by atoms with van der Waals surface area (Å²) in [5, 5.41) is 0. The molecule has 3 rings (SSSR count). The molecule has 0 bridgehead atoms. The molecule has 2 aromatic rings. The first-order chi connectivity index (χ1) is 9.28.